The number of carbonyl (C=O) groups excluding carboxylic acids is 1. The number of sulfone groups is 1. The van der Waals surface area contributed by atoms with Crippen molar-refractivity contribution in [3.63, 3.8) is 0 Å². The number of alkyl halides is 3. The topological polar surface area (TPSA) is 131 Å². The molecule has 166 valence electrons. The number of nitrogens with one attached hydrogen (secondary N) is 1. The number of amides is 1. The van der Waals surface area contributed by atoms with Gasteiger partial charge in [0, 0.05) is 18.0 Å². The Hall–Kier alpha value is -3.79. The summed E-state index contributed by atoms with van der Waals surface area (Å²) >= 11 is 0. The molecule has 2 aromatic heterocycles. The van der Waals surface area contributed by atoms with Gasteiger partial charge in [-0.25, -0.2) is 18.4 Å². The Bertz CT molecular complexity index is 1310. The summed E-state index contributed by atoms with van der Waals surface area (Å²) in [6, 6.07) is 6.03. The number of aromatic nitrogens is 4. The van der Waals surface area contributed by atoms with Gasteiger partial charge in [-0.05, 0) is 37.3 Å². The van der Waals surface area contributed by atoms with Crippen molar-refractivity contribution in [2.75, 3.05) is 6.26 Å². The van der Waals surface area contributed by atoms with E-state index in [1.54, 1.807) is 0 Å². The van der Waals surface area contributed by atoms with Crippen LogP contribution in [0, 0.1) is 11.3 Å². The van der Waals surface area contributed by atoms with E-state index in [2.05, 4.69) is 20.4 Å². The lowest BCUT2D eigenvalue weighted by Crippen LogP contribution is -2.29. The van der Waals surface area contributed by atoms with Crippen molar-refractivity contribution in [3.05, 3.63) is 65.4 Å². The highest BCUT2D eigenvalue weighted by molar-refractivity contribution is 7.90. The van der Waals surface area contributed by atoms with Crippen LogP contribution in [0.1, 0.15) is 40.3 Å². The van der Waals surface area contributed by atoms with Crippen molar-refractivity contribution in [1.82, 2.24) is 25.1 Å². The van der Waals surface area contributed by atoms with Gasteiger partial charge in [-0.15, -0.1) is 0 Å². The average Bonchev–Trinajstić information content (AvgIpc) is 3.22. The van der Waals surface area contributed by atoms with Gasteiger partial charge >= 0.3 is 6.18 Å². The van der Waals surface area contributed by atoms with Crippen LogP contribution in [0.25, 0.3) is 5.82 Å². The minimum Gasteiger partial charge on any atom is -0.342 e. The quantitative estimate of drug-likeness (QED) is 0.614. The first-order chi connectivity index (χ1) is 14.9. The van der Waals surface area contributed by atoms with E-state index in [0.29, 0.717) is 23.5 Å². The highest BCUT2D eigenvalue weighted by atomic mass is 32.2. The van der Waals surface area contributed by atoms with E-state index in [-0.39, 0.29) is 5.82 Å². The predicted molar refractivity (Wildman–Crippen MR) is 104 cm³/mol. The molecule has 1 atom stereocenters. The third-order valence-corrected chi connectivity index (χ3v) is 5.42. The van der Waals surface area contributed by atoms with E-state index in [9.17, 15) is 26.4 Å². The number of carbonyl (C=O) groups is 1. The lowest BCUT2D eigenvalue weighted by molar-refractivity contribution is -0.137. The highest BCUT2D eigenvalue weighted by Crippen LogP contribution is 2.32. The van der Waals surface area contributed by atoms with Crippen LogP contribution in [0.4, 0.5) is 13.2 Å². The molecule has 0 aliphatic rings. The van der Waals surface area contributed by atoms with Crippen molar-refractivity contribution in [2.45, 2.75) is 24.0 Å². The van der Waals surface area contributed by atoms with E-state index < -0.39 is 44.0 Å². The molecule has 13 heteroatoms. The summed E-state index contributed by atoms with van der Waals surface area (Å²) in [7, 11) is -4.00. The number of hydrogen-bond donors (Lipinski definition) is 1. The van der Waals surface area contributed by atoms with Crippen LogP contribution in [0.2, 0.25) is 0 Å². The molecule has 0 aliphatic carbocycles. The van der Waals surface area contributed by atoms with E-state index in [1.807, 2.05) is 6.07 Å². The molecule has 0 radical (unpaired) electrons. The van der Waals surface area contributed by atoms with Crippen LogP contribution in [0.5, 0.6) is 0 Å². The SMILES string of the molecule is C[C@@H](NC(=O)c1cc(C(F)(F)F)cc(S(C)(=O)=O)c1)c1ncnn1-c1ccc(C#N)cn1. The molecular weight excluding hydrogens is 449 g/mol. The number of nitriles is 1. The normalized spacial score (nSPS) is 12.8. The summed E-state index contributed by atoms with van der Waals surface area (Å²) in [6.07, 6.45) is -1.58. The zero-order chi connectivity index (χ0) is 23.7. The van der Waals surface area contributed by atoms with Gasteiger partial charge in [-0.1, -0.05) is 0 Å². The van der Waals surface area contributed by atoms with Gasteiger partial charge in [0.15, 0.2) is 21.5 Å². The molecule has 0 spiro atoms. The summed E-state index contributed by atoms with van der Waals surface area (Å²) in [4.78, 5) is 20.2. The number of rotatable bonds is 5. The second-order valence-electron chi connectivity index (χ2n) is 6.76. The Morgan fingerprint density at radius 3 is 2.50 bits per heavy atom. The summed E-state index contributed by atoms with van der Waals surface area (Å²) < 4.78 is 64.5. The highest BCUT2D eigenvalue weighted by Gasteiger charge is 2.33. The van der Waals surface area contributed by atoms with Gasteiger partial charge in [-0.2, -0.15) is 28.2 Å². The predicted octanol–water partition coefficient (Wildman–Crippen LogP) is 2.45. The minimum absolute atomic E-state index is 0.214. The molecule has 9 nitrogen and oxygen atoms in total. The van der Waals surface area contributed by atoms with Crippen LogP contribution in [0.15, 0.2) is 47.8 Å². The van der Waals surface area contributed by atoms with Gasteiger partial charge in [0.2, 0.25) is 0 Å². The smallest absolute Gasteiger partial charge is 0.342 e. The first-order valence-corrected chi connectivity index (χ1v) is 10.8. The first kappa shape index (κ1) is 22.9. The Morgan fingerprint density at radius 2 is 1.94 bits per heavy atom. The fourth-order valence-corrected chi connectivity index (χ4v) is 3.43. The van der Waals surface area contributed by atoms with E-state index in [1.165, 1.54) is 36.3 Å². The first-order valence-electron chi connectivity index (χ1n) is 8.90. The van der Waals surface area contributed by atoms with Crippen LogP contribution in [-0.4, -0.2) is 40.3 Å². The molecule has 2 heterocycles. The number of nitrogens with zero attached hydrogens (tertiary/aromatic N) is 5. The number of pyridine rings is 1. The molecule has 0 bridgehead atoms. The second-order valence-corrected chi connectivity index (χ2v) is 8.77. The molecule has 1 amide bonds. The molecule has 0 saturated carbocycles. The van der Waals surface area contributed by atoms with E-state index >= 15 is 0 Å². The maximum absolute atomic E-state index is 13.2. The van der Waals surface area contributed by atoms with E-state index in [4.69, 9.17) is 5.26 Å². The standard InChI is InChI=1S/C19H15F3N6O3S/c1-11(17-25-10-26-28(17)16-4-3-12(8-23)9-24-16)27-18(29)13-5-14(19(20,21)22)7-15(6-13)32(2,30)31/h3-7,9-11H,1-2H3,(H,27,29)/t11-/m1/s1. The summed E-state index contributed by atoms with van der Waals surface area (Å²) in [5, 5.41) is 15.4. The van der Waals surface area contributed by atoms with Gasteiger partial charge in [0.25, 0.3) is 5.91 Å². The molecule has 0 saturated heterocycles. The molecular formula is C19H15F3N6O3S. The molecule has 32 heavy (non-hydrogen) atoms. The molecule has 1 aromatic carbocycles. The Labute approximate surface area is 180 Å². The third kappa shape index (κ3) is 4.92. The van der Waals surface area contributed by atoms with Gasteiger partial charge in [0.05, 0.1) is 22.1 Å². The zero-order valence-electron chi connectivity index (χ0n) is 16.6. The van der Waals surface area contributed by atoms with Crippen LogP contribution in [0.3, 0.4) is 0 Å². The van der Waals surface area contributed by atoms with Gasteiger partial charge < -0.3 is 5.32 Å². The van der Waals surface area contributed by atoms with Crippen molar-refractivity contribution in [2.24, 2.45) is 0 Å². The third-order valence-electron chi connectivity index (χ3n) is 4.33. The largest absolute Gasteiger partial charge is 0.416 e. The Balaban J connectivity index is 1.92. The van der Waals surface area contributed by atoms with Crippen LogP contribution >= 0.6 is 0 Å². The van der Waals surface area contributed by atoms with Crippen LogP contribution in [-0.2, 0) is 16.0 Å². The lowest BCUT2D eigenvalue weighted by atomic mass is 10.1. The maximum Gasteiger partial charge on any atom is 0.416 e. The lowest BCUT2D eigenvalue weighted by Gasteiger charge is -2.16. The molecule has 0 unspecified atom stereocenters. The fraction of sp³-hybridized carbons (Fsp3) is 0.211. The summed E-state index contributed by atoms with van der Waals surface area (Å²) in [6.45, 7) is 1.52. The van der Waals surface area contributed by atoms with Crippen molar-refractivity contribution >= 4 is 15.7 Å². The Morgan fingerprint density at radius 1 is 1.22 bits per heavy atom. The molecule has 0 fully saturated rings. The summed E-state index contributed by atoms with van der Waals surface area (Å²) in [5.74, 6) is -0.419. The van der Waals surface area contributed by atoms with Crippen molar-refractivity contribution < 1.29 is 26.4 Å². The Kier molecular flexibility index (Phi) is 6.00. The average molecular weight is 464 g/mol. The van der Waals surface area contributed by atoms with Gasteiger partial charge in [-0.3, -0.25) is 4.79 Å². The molecule has 3 aromatic rings. The summed E-state index contributed by atoms with van der Waals surface area (Å²) in [5.41, 5.74) is -1.42. The molecule has 1 N–H and O–H groups in total. The van der Waals surface area contributed by atoms with Crippen molar-refractivity contribution in [3.8, 4) is 11.9 Å². The zero-order valence-corrected chi connectivity index (χ0v) is 17.4. The number of benzene rings is 1. The van der Waals surface area contributed by atoms with Crippen LogP contribution < -0.4 is 5.32 Å². The monoisotopic (exact) mass is 464 g/mol. The number of hydrogen-bond acceptors (Lipinski definition) is 7. The maximum atomic E-state index is 13.2. The number of halogens is 3. The van der Waals surface area contributed by atoms with Crippen molar-refractivity contribution in [1.29, 1.82) is 5.26 Å². The molecule has 0 aliphatic heterocycles. The minimum atomic E-state index is -4.84. The fourth-order valence-electron chi connectivity index (χ4n) is 2.75. The van der Waals surface area contributed by atoms with Gasteiger partial charge in [0.1, 0.15) is 12.4 Å². The van der Waals surface area contributed by atoms with E-state index in [0.717, 1.165) is 12.3 Å². The molecule has 3 rings (SSSR count). The second kappa shape index (κ2) is 8.39.